The molecular weight excluding hydrogens is 755 g/mol. The summed E-state index contributed by atoms with van der Waals surface area (Å²) >= 11 is 0. The highest BCUT2D eigenvalue weighted by Gasteiger charge is 2.19. The Kier molecular flexibility index (Phi) is 8.42. The zero-order valence-corrected chi connectivity index (χ0v) is 33.6. The van der Waals surface area contributed by atoms with Gasteiger partial charge in [0.25, 0.3) is 0 Å². The Morgan fingerprint density at radius 2 is 0.726 bits per heavy atom. The van der Waals surface area contributed by atoms with Gasteiger partial charge in [0.05, 0.1) is 22.1 Å². The van der Waals surface area contributed by atoms with Crippen LogP contribution in [-0.4, -0.2) is 24.1 Å². The topological polar surface area (TPSA) is 48.5 Å². The summed E-state index contributed by atoms with van der Waals surface area (Å²) in [6.45, 7) is 0. The molecule has 3 aromatic heterocycles. The Bertz CT molecular complexity index is 3550. The van der Waals surface area contributed by atoms with Gasteiger partial charge in [-0.25, -0.2) is 15.0 Å². The van der Waals surface area contributed by atoms with Crippen LogP contribution >= 0.6 is 0 Å². The van der Waals surface area contributed by atoms with Crippen molar-refractivity contribution < 1.29 is 0 Å². The fourth-order valence-corrected chi connectivity index (χ4v) is 9.09. The molecule has 9 aromatic carbocycles. The molecule has 0 unspecified atom stereocenters. The Morgan fingerprint density at radius 3 is 1.40 bits per heavy atom. The second-order valence-corrected chi connectivity index (χ2v) is 15.6. The zero-order chi connectivity index (χ0) is 41.0. The van der Waals surface area contributed by atoms with E-state index in [1.54, 1.807) is 0 Å². The first-order valence-corrected chi connectivity index (χ1v) is 20.9. The molecule has 0 N–H and O–H groups in total. The quantitative estimate of drug-likeness (QED) is 0.162. The van der Waals surface area contributed by atoms with Crippen molar-refractivity contribution in [1.29, 1.82) is 0 Å². The van der Waals surface area contributed by atoms with Gasteiger partial charge in [-0.05, 0) is 59.2 Å². The van der Waals surface area contributed by atoms with Crippen molar-refractivity contribution in [3.63, 3.8) is 0 Å². The van der Waals surface area contributed by atoms with E-state index >= 15 is 0 Å². The first-order chi connectivity index (χ1) is 30.7. The fraction of sp³-hybridized carbons (Fsp3) is 0. The van der Waals surface area contributed by atoms with E-state index in [4.69, 9.17) is 15.0 Å². The van der Waals surface area contributed by atoms with Gasteiger partial charge in [-0.15, -0.1) is 0 Å². The van der Waals surface area contributed by atoms with Crippen LogP contribution in [0.25, 0.3) is 111 Å². The van der Waals surface area contributed by atoms with Crippen LogP contribution in [0.2, 0.25) is 0 Å². The minimum atomic E-state index is 0.626. The maximum absolute atomic E-state index is 5.04. The number of hydrogen-bond donors (Lipinski definition) is 0. The van der Waals surface area contributed by atoms with Crippen LogP contribution in [0.4, 0.5) is 0 Å². The SMILES string of the molecule is c1ccc(-c2nc(-c3ccccc3)nc(-c3cccc(-n4c5ccccc5c5ccc(-c6ccc(-c7cccc8c9ccccc9n(-c9ccccc9)c78)cc6)cc54)c3)n2)cc1. The van der Waals surface area contributed by atoms with Crippen LogP contribution in [0.5, 0.6) is 0 Å². The number of rotatable bonds is 7. The second kappa shape index (κ2) is 14.7. The summed E-state index contributed by atoms with van der Waals surface area (Å²) in [5.74, 6) is 1.91. The van der Waals surface area contributed by atoms with Gasteiger partial charge < -0.3 is 9.13 Å². The summed E-state index contributed by atoms with van der Waals surface area (Å²) < 4.78 is 4.77. The molecule has 62 heavy (non-hydrogen) atoms. The first kappa shape index (κ1) is 35.5. The molecule has 5 nitrogen and oxygen atoms in total. The lowest BCUT2D eigenvalue weighted by Gasteiger charge is -2.13. The molecule has 0 bridgehead atoms. The van der Waals surface area contributed by atoms with E-state index in [9.17, 15) is 0 Å². The van der Waals surface area contributed by atoms with Gasteiger partial charge >= 0.3 is 0 Å². The van der Waals surface area contributed by atoms with Crippen LogP contribution in [0, 0.1) is 0 Å². The van der Waals surface area contributed by atoms with Gasteiger partial charge in [0.1, 0.15) is 0 Å². The average Bonchev–Trinajstić information content (AvgIpc) is 3.88. The van der Waals surface area contributed by atoms with Crippen molar-refractivity contribution in [2.75, 3.05) is 0 Å². The van der Waals surface area contributed by atoms with Gasteiger partial charge in [-0.1, -0.05) is 182 Å². The molecular formula is C57H37N5. The lowest BCUT2D eigenvalue weighted by molar-refractivity contribution is 1.07. The van der Waals surface area contributed by atoms with E-state index < -0.39 is 0 Å². The molecule has 0 atom stereocenters. The van der Waals surface area contributed by atoms with Crippen molar-refractivity contribution in [1.82, 2.24) is 24.1 Å². The summed E-state index contributed by atoms with van der Waals surface area (Å²) in [5.41, 5.74) is 14.4. The highest BCUT2D eigenvalue weighted by Crippen LogP contribution is 2.40. The van der Waals surface area contributed by atoms with Crippen LogP contribution in [-0.2, 0) is 0 Å². The van der Waals surface area contributed by atoms with Crippen molar-refractivity contribution in [2.45, 2.75) is 0 Å². The molecule has 0 amide bonds. The Morgan fingerprint density at radius 1 is 0.258 bits per heavy atom. The molecule has 0 saturated carbocycles. The molecule has 0 radical (unpaired) electrons. The molecule has 12 rings (SSSR count). The first-order valence-electron chi connectivity index (χ1n) is 20.9. The fourth-order valence-electron chi connectivity index (χ4n) is 9.09. The normalized spacial score (nSPS) is 11.5. The lowest BCUT2D eigenvalue weighted by Crippen LogP contribution is -2.01. The van der Waals surface area contributed by atoms with Crippen LogP contribution in [0.1, 0.15) is 0 Å². The Hall–Kier alpha value is -8.41. The third kappa shape index (κ3) is 5.98. The molecule has 3 heterocycles. The number of aromatic nitrogens is 5. The van der Waals surface area contributed by atoms with Crippen LogP contribution < -0.4 is 0 Å². The minimum absolute atomic E-state index is 0.626. The monoisotopic (exact) mass is 791 g/mol. The third-order valence-corrected chi connectivity index (χ3v) is 12.0. The molecule has 290 valence electrons. The lowest BCUT2D eigenvalue weighted by atomic mass is 9.98. The molecule has 0 aliphatic heterocycles. The molecule has 0 spiro atoms. The minimum Gasteiger partial charge on any atom is -0.309 e. The maximum Gasteiger partial charge on any atom is 0.164 e. The van der Waals surface area contributed by atoms with E-state index in [-0.39, 0.29) is 0 Å². The van der Waals surface area contributed by atoms with Gasteiger partial charge in [0.15, 0.2) is 17.5 Å². The van der Waals surface area contributed by atoms with E-state index in [0.29, 0.717) is 17.5 Å². The van der Waals surface area contributed by atoms with Gasteiger partial charge in [-0.3, -0.25) is 0 Å². The third-order valence-electron chi connectivity index (χ3n) is 12.0. The van der Waals surface area contributed by atoms with Gasteiger partial charge in [0, 0.05) is 55.2 Å². The number of nitrogens with zero attached hydrogens (tertiary/aromatic N) is 5. The largest absolute Gasteiger partial charge is 0.309 e. The molecule has 0 fully saturated rings. The Labute approximate surface area is 358 Å². The number of hydrogen-bond acceptors (Lipinski definition) is 3. The van der Waals surface area contributed by atoms with Crippen molar-refractivity contribution in [2.24, 2.45) is 0 Å². The number of benzene rings is 9. The molecule has 0 aliphatic rings. The van der Waals surface area contributed by atoms with Crippen molar-refractivity contribution >= 4 is 43.6 Å². The summed E-state index contributed by atoms with van der Waals surface area (Å²) in [7, 11) is 0. The van der Waals surface area contributed by atoms with Crippen molar-refractivity contribution in [3.05, 3.63) is 224 Å². The molecule has 0 saturated heterocycles. The van der Waals surface area contributed by atoms with Crippen LogP contribution in [0.3, 0.4) is 0 Å². The summed E-state index contributed by atoms with van der Waals surface area (Å²) in [6, 6.07) is 79.4. The molecule has 5 heteroatoms. The van der Waals surface area contributed by atoms with E-state index in [2.05, 4.69) is 173 Å². The average molecular weight is 792 g/mol. The van der Waals surface area contributed by atoms with Crippen molar-refractivity contribution in [3.8, 4) is 67.8 Å². The smallest absolute Gasteiger partial charge is 0.164 e. The van der Waals surface area contributed by atoms with E-state index in [1.807, 2.05) is 60.7 Å². The highest BCUT2D eigenvalue weighted by molar-refractivity contribution is 6.14. The number of para-hydroxylation sites is 4. The molecule has 0 aliphatic carbocycles. The highest BCUT2D eigenvalue weighted by atomic mass is 15.0. The predicted molar refractivity (Wildman–Crippen MR) is 256 cm³/mol. The van der Waals surface area contributed by atoms with E-state index in [1.165, 1.54) is 43.7 Å². The van der Waals surface area contributed by atoms with Crippen LogP contribution in [0.15, 0.2) is 224 Å². The summed E-state index contributed by atoms with van der Waals surface area (Å²) in [5, 5.41) is 4.90. The zero-order valence-electron chi connectivity index (χ0n) is 33.6. The van der Waals surface area contributed by atoms with Gasteiger partial charge in [0.2, 0.25) is 0 Å². The van der Waals surface area contributed by atoms with Gasteiger partial charge in [-0.2, -0.15) is 0 Å². The maximum atomic E-state index is 5.04. The summed E-state index contributed by atoms with van der Waals surface area (Å²) in [4.78, 5) is 15.0. The summed E-state index contributed by atoms with van der Waals surface area (Å²) in [6.07, 6.45) is 0. The van der Waals surface area contributed by atoms with E-state index in [0.717, 1.165) is 50.2 Å². The second-order valence-electron chi connectivity index (χ2n) is 15.6. The Balaban J connectivity index is 0.969. The predicted octanol–water partition coefficient (Wildman–Crippen LogP) is 14.4. The number of fused-ring (bicyclic) bond motifs is 6. The molecule has 12 aromatic rings. The standard InChI is InChI=1S/C57H37N5/c1-4-16-40(17-5-1)55-58-56(41-18-6-2-7-19-41)60-57(59-55)43-20-14-23-45(36-43)61-51-28-12-10-24-47(51)49-35-34-42(37-53(49)61)38-30-32-39(33-31-38)46-26-15-27-50-48-25-11-13-29-52(48)62(54(46)50)44-21-8-3-9-22-44/h1-37H.